The predicted molar refractivity (Wildman–Crippen MR) is 266 cm³/mol. The zero-order chi connectivity index (χ0) is 50.6. The van der Waals surface area contributed by atoms with E-state index in [9.17, 15) is 9.90 Å². The first-order valence-electron chi connectivity index (χ1n) is 22.6. The van der Waals surface area contributed by atoms with Crippen LogP contribution in [0.15, 0.2) is 176 Å². The van der Waals surface area contributed by atoms with Crippen molar-refractivity contribution >= 4 is 52.4 Å². The molecule has 8 rings (SSSR count). The number of hydrogen-bond acceptors (Lipinski definition) is 13. The van der Waals surface area contributed by atoms with E-state index in [1.54, 1.807) is 177 Å². The molecule has 72 heavy (non-hydrogen) atoms. The Morgan fingerprint density at radius 1 is 0.417 bits per heavy atom. The van der Waals surface area contributed by atoms with Gasteiger partial charge in [-0.25, -0.2) is 28.8 Å². The molecule has 1 N–H and O–H groups in total. The van der Waals surface area contributed by atoms with Crippen LogP contribution in [0.25, 0.3) is 22.0 Å². The molecule has 0 bridgehead atoms. The number of carbonyl (C=O) groups excluding carboxylic acids is 5. The van der Waals surface area contributed by atoms with Crippen molar-refractivity contribution in [2.45, 2.75) is 33.0 Å². The number of esters is 5. The van der Waals surface area contributed by atoms with E-state index >= 15 is 24.0 Å². The van der Waals surface area contributed by atoms with Gasteiger partial charge in [0.25, 0.3) is 0 Å². The molecule has 1 heterocycles. The number of anilines is 1. The number of aromatic nitrogens is 1. The van der Waals surface area contributed by atoms with Crippen molar-refractivity contribution in [1.82, 2.24) is 4.98 Å². The van der Waals surface area contributed by atoms with E-state index in [0.29, 0.717) is 27.8 Å². The summed E-state index contributed by atoms with van der Waals surface area (Å²) in [5, 5.41) is 10.6. The van der Waals surface area contributed by atoms with Gasteiger partial charge in [0.15, 0.2) is 0 Å². The molecule has 360 valence electrons. The van der Waals surface area contributed by atoms with E-state index in [0.717, 1.165) is 6.20 Å². The summed E-state index contributed by atoms with van der Waals surface area (Å²) in [5.41, 5.74) is -1.63. The molecule has 0 amide bonds. The molecule has 14 nitrogen and oxygen atoms in total. The summed E-state index contributed by atoms with van der Waals surface area (Å²) in [6, 6.07) is 47.6. The fraction of sp³-hybridized carbons (Fsp3) is 0.121. The summed E-state index contributed by atoms with van der Waals surface area (Å²) in [7, 11) is 3.26. The molecule has 0 spiro atoms. The maximum Gasteiger partial charge on any atom is 0.340 e. The third-order valence-corrected chi connectivity index (χ3v) is 11.4. The highest BCUT2D eigenvalue weighted by atomic mass is 16.6. The lowest BCUT2D eigenvalue weighted by Crippen LogP contribution is -2.28. The van der Waals surface area contributed by atoms with Crippen molar-refractivity contribution in [3.05, 3.63) is 237 Å². The second kappa shape index (κ2) is 22.8. The van der Waals surface area contributed by atoms with Crippen LogP contribution in [0.1, 0.15) is 90.0 Å². The van der Waals surface area contributed by atoms with Gasteiger partial charge in [-0.2, -0.15) is 0 Å². The van der Waals surface area contributed by atoms with Gasteiger partial charge in [-0.1, -0.05) is 170 Å². The number of hydrogen-bond donors (Lipinski definition) is 1. The number of para-hydroxylation sites is 1. The van der Waals surface area contributed by atoms with Crippen molar-refractivity contribution in [3.8, 4) is 11.1 Å². The van der Waals surface area contributed by atoms with Crippen LogP contribution in [0.5, 0.6) is 0 Å². The molecule has 0 saturated heterocycles. The van der Waals surface area contributed by atoms with Gasteiger partial charge in [0.2, 0.25) is 0 Å². The number of aromatic carboxylic acids is 1. The largest absolute Gasteiger partial charge is 0.478 e. The van der Waals surface area contributed by atoms with Crippen LogP contribution in [0.4, 0.5) is 5.69 Å². The molecule has 0 unspecified atom stereocenters. The third kappa shape index (κ3) is 11.2. The molecule has 1 aromatic heterocycles. The molecule has 7 aromatic carbocycles. The van der Waals surface area contributed by atoms with Crippen LogP contribution in [0.3, 0.4) is 0 Å². The van der Waals surface area contributed by atoms with Crippen molar-refractivity contribution < 1.29 is 57.6 Å². The van der Waals surface area contributed by atoms with E-state index < -0.39 is 69.2 Å². The van der Waals surface area contributed by atoms with Gasteiger partial charge < -0.3 is 33.7 Å². The van der Waals surface area contributed by atoms with Crippen molar-refractivity contribution in [2.75, 3.05) is 19.0 Å². The Labute approximate surface area is 414 Å². The fourth-order valence-corrected chi connectivity index (χ4v) is 8.07. The molecule has 0 atom stereocenters. The highest BCUT2D eigenvalue weighted by Gasteiger charge is 2.42. The van der Waals surface area contributed by atoms with Crippen LogP contribution in [0.2, 0.25) is 0 Å². The van der Waals surface area contributed by atoms with Gasteiger partial charge in [-0.05, 0) is 27.8 Å². The van der Waals surface area contributed by atoms with Crippen molar-refractivity contribution in [1.29, 1.82) is 0 Å². The topological polar surface area (TPSA) is 185 Å². The summed E-state index contributed by atoms with van der Waals surface area (Å²) in [6.45, 7) is -1.85. The van der Waals surface area contributed by atoms with E-state index in [1.807, 2.05) is 0 Å². The average Bonchev–Trinajstić information content (AvgIpc) is 3.41. The zero-order valence-electron chi connectivity index (χ0n) is 39.1. The molecular weight excluding hydrogens is 917 g/mol. The number of carboxylic acid groups (broad SMARTS) is 1. The Kier molecular flexibility index (Phi) is 15.5. The summed E-state index contributed by atoms with van der Waals surface area (Å²) in [6.07, 6.45) is 1.11. The van der Waals surface area contributed by atoms with E-state index in [-0.39, 0.29) is 60.8 Å². The summed E-state index contributed by atoms with van der Waals surface area (Å²) < 4.78 is 29.8. The number of rotatable bonds is 18. The SMILES string of the molecule is CN(C)c1c(C(=O)O)cnc2c(-c3c(C(=O)OCc4ccccc4)c(C(=O)OCc4ccccc4)c(C(=O)OCc4ccccc4)c(C(=O)OCc4ccccc4)c3C(=O)OCc3ccccc3)cccc12. The number of carboxylic acids is 1. The van der Waals surface area contributed by atoms with E-state index in [2.05, 4.69) is 4.98 Å². The second-order valence-corrected chi connectivity index (χ2v) is 16.5. The van der Waals surface area contributed by atoms with Crippen molar-refractivity contribution in [3.63, 3.8) is 0 Å². The molecule has 0 aliphatic carbocycles. The predicted octanol–water partition coefficient (Wildman–Crippen LogP) is 10.5. The molecule has 14 heteroatoms. The monoisotopic (exact) mass is 962 g/mol. The number of ether oxygens (including phenoxy) is 5. The number of nitrogens with zero attached hydrogens (tertiary/aromatic N) is 2. The first-order valence-corrected chi connectivity index (χ1v) is 22.6. The Bertz CT molecular complexity index is 3140. The highest BCUT2D eigenvalue weighted by Crippen LogP contribution is 2.43. The number of carbonyl (C=O) groups is 6. The van der Waals surface area contributed by atoms with E-state index in [1.165, 1.54) is 12.1 Å². The fourth-order valence-electron chi connectivity index (χ4n) is 8.07. The lowest BCUT2D eigenvalue weighted by molar-refractivity contribution is 0.0379. The normalized spacial score (nSPS) is 10.8. The first kappa shape index (κ1) is 49.0. The summed E-state index contributed by atoms with van der Waals surface area (Å²) >= 11 is 0. The Morgan fingerprint density at radius 2 is 0.722 bits per heavy atom. The first-order chi connectivity index (χ1) is 35.0. The maximum absolute atomic E-state index is 15.4. The highest BCUT2D eigenvalue weighted by molar-refractivity contribution is 6.24. The lowest BCUT2D eigenvalue weighted by Gasteiger charge is -2.25. The Balaban J connectivity index is 1.50. The summed E-state index contributed by atoms with van der Waals surface area (Å²) in [4.78, 5) is 95.4. The van der Waals surface area contributed by atoms with Gasteiger partial charge >= 0.3 is 35.8 Å². The molecule has 0 saturated carbocycles. The third-order valence-electron chi connectivity index (χ3n) is 11.4. The number of fused-ring (bicyclic) bond motifs is 1. The van der Waals surface area contributed by atoms with Crippen LogP contribution >= 0.6 is 0 Å². The molecule has 8 aromatic rings. The van der Waals surface area contributed by atoms with Crippen LogP contribution in [-0.4, -0.2) is 60.0 Å². The minimum absolute atomic E-state index is 0.0204. The Morgan fingerprint density at radius 3 is 1.03 bits per heavy atom. The average molecular weight is 963 g/mol. The molecular formula is C58H46N2O12. The summed E-state index contributed by atoms with van der Waals surface area (Å²) in [5.74, 6) is -7.63. The standard InChI is InChI=1S/C58H46N2O12/c1-60(2)52-43-30-18-29-42(51(43)59-31-44(52)53(61)62)45-46(54(63)68-32-37-19-8-3-9-20-37)48(56(65)70-34-39-23-12-5-13-24-39)50(58(67)72-36-41-27-16-7-17-28-41)49(57(66)71-35-40-25-14-6-15-26-40)47(45)55(64)69-33-38-21-10-4-11-22-38/h3-31H,32-36H2,1-2H3,(H,61,62). The molecule has 0 fully saturated rings. The smallest absolute Gasteiger partial charge is 0.340 e. The lowest BCUT2D eigenvalue weighted by atomic mass is 9.82. The minimum atomic E-state index is -1.31. The van der Waals surface area contributed by atoms with Gasteiger partial charge in [0.1, 0.15) is 38.6 Å². The second-order valence-electron chi connectivity index (χ2n) is 16.5. The van der Waals surface area contributed by atoms with Crippen LogP contribution in [-0.2, 0) is 56.7 Å². The van der Waals surface area contributed by atoms with Gasteiger partial charge in [-0.3, -0.25) is 4.98 Å². The molecule has 0 aliphatic heterocycles. The van der Waals surface area contributed by atoms with Gasteiger partial charge in [0, 0.05) is 36.8 Å². The number of benzene rings is 7. The molecule has 0 radical (unpaired) electrons. The number of pyridine rings is 1. The minimum Gasteiger partial charge on any atom is -0.478 e. The van der Waals surface area contributed by atoms with Crippen molar-refractivity contribution in [2.24, 2.45) is 0 Å². The van der Waals surface area contributed by atoms with Crippen LogP contribution in [0, 0.1) is 0 Å². The zero-order valence-corrected chi connectivity index (χ0v) is 39.1. The van der Waals surface area contributed by atoms with Gasteiger partial charge in [-0.15, -0.1) is 0 Å². The quantitative estimate of drug-likeness (QED) is 0.0632. The van der Waals surface area contributed by atoms with E-state index in [4.69, 9.17) is 23.7 Å². The Hall–Kier alpha value is -9.43. The molecule has 0 aliphatic rings. The van der Waals surface area contributed by atoms with Gasteiger partial charge in [0.05, 0.1) is 39.0 Å². The maximum atomic E-state index is 15.4. The van der Waals surface area contributed by atoms with Crippen LogP contribution < -0.4 is 4.90 Å².